The molecule has 0 aliphatic heterocycles. The third-order valence-electron chi connectivity index (χ3n) is 1.69. The van der Waals surface area contributed by atoms with Gasteiger partial charge in [0, 0.05) is 15.6 Å². The monoisotopic (exact) mass is 274 g/mol. The molecule has 0 aromatic heterocycles. The van der Waals surface area contributed by atoms with Crippen LogP contribution in [0.5, 0.6) is 0 Å². The van der Waals surface area contributed by atoms with Crippen LogP contribution in [0.15, 0.2) is 22.7 Å². The van der Waals surface area contributed by atoms with Crippen molar-refractivity contribution in [2.75, 3.05) is 0 Å². The van der Waals surface area contributed by atoms with Gasteiger partial charge in [-0.3, -0.25) is 0 Å². The van der Waals surface area contributed by atoms with Crippen LogP contribution in [-0.4, -0.2) is 11.1 Å². The number of carboxylic acids is 1. The van der Waals surface area contributed by atoms with Crippen molar-refractivity contribution in [3.8, 4) is 0 Å². The summed E-state index contributed by atoms with van der Waals surface area (Å²) in [6.45, 7) is 1.87. The summed E-state index contributed by atoms with van der Waals surface area (Å²) in [6.07, 6.45) is 2.64. The van der Waals surface area contributed by atoms with Gasteiger partial charge in [-0.25, -0.2) is 4.79 Å². The van der Waals surface area contributed by atoms with Gasteiger partial charge in [-0.2, -0.15) is 0 Å². The Morgan fingerprint density at radius 1 is 1.57 bits per heavy atom. The molecule has 1 N–H and O–H groups in total. The normalized spacial score (nSPS) is 10.8. The van der Waals surface area contributed by atoms with Gasteiger partial charge in [-0.15, -0.1) is 0 Å². The average Bonchev–Trinajstić information content (AvgIpc) is 2.01. The van der Waals surface area contributed by atoms with Crippen LogP contribution >= 0.6 is 27.5 Å². The fourth-order valence-corrected chi connectivity index (χ4v) is 2.18. The molecule has 0 atom stereocenters. The van der Waals surface area contributed by atoms with E-state index < -0.39 is 5.97 Å². The number of halogens is 2. The van der Waals surface area contributed by atoms with Crippen molar-refractivity contribution in [1.82, 2.24) is 0 Å². The van der Waals surface area contributed by atoms with Crippen molar-refractivity contribution in [2.24, 2.45) is 0 Å². The number of benzene rings is 1. The summed E-state index contributed by atoms with van der Waals surface area (Å²) >= 11 is 9.13. The molecule has 0 radical (unpaired) electrons. The molecule has 0 unspecified atom stereocenters. The predicted octanol–water partition coefficient (Wildman–Crippen LogP) is 3.51. The van der Waals surface area contributed by atoms with Crippen LogP contribution in [-0.2, 0) is 4.79 Å². The smallest absolute Gasteiger partial charge is 0.328 e. The number of rotatable bonds is 2. The van der Waals surface area contributed by atoms with E-state index in [9.17, 15) is 4.79 Å². The molecule has 1 rings (SSSR count). The van der Waals surface area contributed by atoms with E-state index in [4.69, 9.17) is 16.7 Å². The number of aliphatic carboxylic acids is 1. The lowest BCUT2D eigenvalue weighted by molar-refractivity contribution is -0.131. The molecule has 0 saturated carbocycles. The minimum absolute atomic E-state index is 0.627. The molecule has 0 fully saturated rings. The van der Waals surface area contributed by atoms with Crippen molar-refractivity contribution in [2.45, 2.75) is 6.92 Å². The third kappa shape index (κ3) is 2.86. The lowest BCUT2D eigenvalue weighted by atomic mass is 10.1. The van der Waals surface area contributed by atoms with Crippen LogP contribution in [0, 0.1) is 6.92 Å². The maximum atomic E-state index is 10.3. The fourth-order valence-electron chi connectivity index (χ4n) is 1.08. The highest BCUT2D eigenvalue weighted by Crippen LogP contribution is 2.26. The largest absolute Gasteiger partial charge is 0.478 e. The zero-order valence-corrected chi connectivity index (χ0v) is 9.76. The Labute approximate surface area is 95.3 Å². The quantitative estimate of drug-likeness (QED) is 0.839. The second kappa shape index (κ2) is 4.62. The highest BCUT2D eigenvalue weighted by molar-refractivity contribution is 9.10. The first-order valence-electron chi connectivity index (χ1n) is 3.87. The van der Waals surface area contributed by atoms with E-state index in [1.165, 1.54) is 6.08 Å². The standard InChI is InChI=1S/C10H8BrClO2/c1-6-4-7(12)5-9(11)8(6)2-3-10(13)14/h2-5H,1H3,(H,13,14)/b3-2+. The first-order chi connectivity index (χ1) is 6.50. The van der Waals surface area contributed by atoms with Crippen LogP contribution < -0.4 is 0 Å². The van der Waals surface area contributed by atoms with Gasteiger partial charge in [0.25, 0.3) is 0 Å². The van der Waals surface area contributed by atoms with Crippen molar-refractivity contribution in [1.29, 1.82) is 0 Å². The van der Waals surface area contributed by atoms with Gasteiger partial charge >= 0.3 is 5.97 Å². The lowest BCUT2D eigenvalue weighted by Gasteiger charge is -2.03. The number of aryl methyl sites for hydroxylation is 1. The Bertz CT molecular complexity index is 376. The summed E-state index contributed by atoms with van der Waals surface area (Å²) in [4.78, 5) is 10.3. The molecule has 4 heteroatoms. The van der Waals surface area contributed by atoms with Crippen molar-refractivity contribution < 1.29 is 9.90 Å². The Hall–Kier alpha value is -0.800. The lowest BCUT2D eigenvalue weighted by Crippen LogP contribution is -1.88. The number of hydrogen-bond donors (Lipinski definition) is 1. The summed E-state index contributed by atoms with van der Waals surface area (Å²) in [5.41, 5.74) is 1.76. The molecular weight excluding hydrogens is 267 g/mol. The molecule has 0 bridgehead atoms. The van der Waals surface area contributed by atoms with E-state index in [1.807, 2.05) is 6.92 Å². The average molecular weight is 276 g/mol. The number of hydrogen-bond acceptors (Lipinski definition) is 1. The van der Waals surface area contributed by atoms with Crippen LogP contribution in [0.25, 0.3) is 6.08 Å². The summed E-state index contributed by atoms with van der Waals surface area (Å²) in [6, 6.07) is 3.52. The molecule has 0 aliphatic carbocycles. The van der Waals surface area contributed by atoms with Gasteiger partial charge in [-0.1, -0.05) is 27.5 Å². The Balaban J connectivity index is 3.15. The van der Waals surface area contributed by atoms with E-state index >= 15 is 0 Å². The molecule has 1 aromatic rings. The molecular formula is C10H8BrClO2. The van der Waals surface area contributed by atoms with Gasteiger partial charge in [0.05, 0.1) is 0 Å². The van der Waals surface area contributed by atoms with Crippen LogP contribution in [0.4, 0.5) is 0 Å². The zero-order valence-electron chi connectivity index (χ0n) is 7.42. The number of carboxylic acid groups (broad SMARTS) is 1. The van der Waals surface area contributed by atoms with E-state index in [-0.39, 0.29) is 0 Å². The molecule has 0 saturated heterocycles. The fraction of sp³-hybridized carbons (Fsp3) is 0.100. The summed E-state index contributed by atoms with van der Waals surface area (Å²) in [7, 11) is 0. The van der Waals surface area contributed by atoms with E-state index in [1.54, 1.807) is 12.1 Å². The predicted molar refractivity (Wildman–Crippen MR) is 60.6 cm³/mol. The molecule has 0 amide bonds. The highest BCUT2D eigenvalue weighted by Gasteiger charge is 2.02. The van der Waals surface area contributed by atoms with E-state index in [0.29, 0.717) is 5.02 Å². The van der Waals surface area contributed by atoms with Gasteiger partial charge < -0.3 is 5.11 Å². The SMILES string of the molecule is Cc1cc(Cl)cc(Br)c1/C=C/C(=O)O. The molecule has 2 nitrogen and oxygen atoms in total. The molecule has 0 spiro atoms. The summed E-state index contributed by atoms with van der Waals surface area (Å²) in [5, 5.41) is 9.11. The van der Waals surface area contributed by atoms with Crippen LogP contribution in [0.1, 0.15) is 11.1 Å². The Morgan fingerprint density at radius 2 is 2.21 bits per heavy atom. The second-order valence-electron chi connectivity index (χ2n) is 2.79. The van der Waals surface area contributed by atoms with Crippen molar-refractivity contribution in [3.63, 3.8) is 0 Å². The number of carbonyl (C=O) groups is 1. The van der Waals surface area contributed by atoms with Gasteiger partial charge in [0.15, 0.2) is 0 Å². The third-order valence-corrected chi connectivity index (χ3v) is 2.57. The van der Waals surface area contributed by atoms with Crippen LogP contribution in [0.3, 0.4) is 0 Å². The maximum absolute atomic E-state index is 10.3. The van der Waals surface area contributed by atoms with Crippen molar-refractivity contribution in [3.05, 3.63) is 38.8 Å². The maximum Gasteiger partial charge on any atom is 0.328 e. The first-order valence-corrected chi connectivity index (χ1v) is 5.04. The Kier molecular flexibility index (Phi) is 3.72. The van der Waals surface area contributed by atoms with E-state index in [2.05, 4.69) is 15.9 Å². The van der Waals surface area contributed by atoms with Crippen LogP contribution in [0.2, 0.25) is 5.02 Å². The molecule has 0 heterocycles. The molecule has 74 valence electrons. The van der Waals surface area contributed by atoms with Gasteiger partial charge in [-0.05, 0) is 36.3 Å². The minimum atomic E-state index is -0.966. The second-order valence-corrected chi connectivity index (χ2v) is 4.08. The molecule has 1 aromatic carbocycles. The first kappa shape index (κ1) is 11.3. The van der Waals surface area contributed by atoms with Gasteiger partial charge in [0.2, 0.25) is 0 Å². The minimum Gasteiger partial charge on any atom is -0.478 e. The summed E-state index contributed by atoms with van der Waals surface area (Å²) in [5.74, 6) is -0.966. The topological polar surface area (TPSA) is 37.3 Å². The van der Waals surface area contributed by atoms with E-state index in [0.717, 1.165) is 21.7 Å². The highest BCUT2D eigenvalue weighted by atomic mass is 79.9. The summed E-state index contributed by atoms with van der Waals surface area (Å²) < 4.78 is 0.792. The molecule has 14 heavy (non-hydrogen) atoms. The van der Waals surface area contributed by atoms with Crippen molar-refractivity contribution >= 4 is 39.6 Å². The molecule has 0 aliphatic rings. The van der Waals surface area contributed by atoms with Gasteiger partial charge in [0.1, 0.15) is 0 Å². The zero-order chi connectivity index (χ0) is 10.7. The Morgan fingerprint density at radius 3 is 2.71 bits per heavy atom.